The quantitative estimate of drug-likeness (QED) is 0.858. The number of methoxy groups -OCH3 is 1. The van der Waals surface area contributed by atoms with Crippen molar-refractivity contribution in [3.8, 4) is 5.75 Å². The Morgan fingerprint density at radius 1 is 1.29 bits per heavy atom. The van der Waals surface area contributed by atoms with Crippen molar-refractivity contribution < 1.29 is 4.74 Å². The predicted molar refractivity (Wildman–Crippen MR) is 61.8 cm³/mol. The maximum absolute atomic E-state index is 5.97. The van der Waals surface area contributed by atoms with Gasteiger partial charge in [0.15, 0.2) is 5.75 Å². The Hall–Kier alpha value is -0.600. The smallest absolute Gasteiger partial charge is 0.160 e. The summed E-state index contributed by atoms with van der Waals surface area (Å²) in [5.74, 6) is 0.629. The zero-order chi connectivity index (χ0) is 10.7. The maximum Gasteiger partial charge on any atom is 0.160 e. The van der Waals surface area contributed by atoms with Crippen molar-refractivity contribution in [3.05, 3.63) is 22.2 Å². The third-order valence-corrected chi connectivity index (χ3v) is 2.16. The number of hydrogen-bond acceptors (Lipinski definition) is 2. The minimum atomic E-state index is 0.304. The predicted octanol–water partition coefficient (Wildman–Crippen LogP) is 3.82. The van der Waals surface area contributed by atoms with Gasteiger partial charge in [0.05, 0.1) is 17.8 Å². The van der Waals surface area contributed by atoms with Crippen LogP contribution in [0.4, 0.5) is 5.69 Å². The minimum Gasteiger partial charge on any atom is -0.493 e. The lowest BCUT2D eigenvalue weighted by atomic mass is 10.2. The van der Waals surface area contributed by atoms with Crippen LogP contribution in [0.2, 0.25) is 10.0 Å². The minimum absolute atomic E-state index is 0.304. The SMILES string of the molecule is COc1c(Cl)cc(Cl)cc1NC(C)C. The molecule has 1 aromatic rings. The molecule has 0 fully saturated rings. The summed E-state index contributed by atoms with van der Waals surface area (Å²) < 4.78 is 5.18. The number of hydrogen-bond donors (Lipinski definition) is 1. The first-order valence-electron chi connectivity index (χ1n) is 4.34. The van der Waals surface area contributed by atoms with Gasteiger partial charge in [-0.1, -0.05) is 23.2 Å². The van der Waals surface area contributed by atoms with Crippen LogP contribution in [0.3, 0.4) is 0 Å². The van der Waals surface area contributed by atoms with Crippen LogP contribution < -0.4 is 10.1 Å². The summed E-state index contributed by atoms with van der Waals surface area (Å²) in [5.41, 5.74) is 0.819. The van der Waals surface area contributed by atoms with Gasteiger partial charge in [-0.2, -0.15) is 0 Å². The molecule has 1 aromatic carbocycles. The average Bonchev–Trinajstić information content (AvgIpc) is 2.01. The van der Waals surface area contributed by atoms with Crippen LogP contribution in [0.5, 0.6) is 5.75 Å². The van der Waals surface area contributed by atoms with E-state index in [0.29, 0.717) is 21.8 Å². The van der Waals surface area contributed by atoms with Gasteiger partial charge in [-0.3, -0.25) is 0 Å². The van der Waals surface area contributed by atoms with E-state index in [-0.39, 0.29) is 0 Å². The molecule has 0 radical (unpaired) electrons. The molecule has 0 aromatic heterocycles. The summed E-state index contributed by atoms with van der Waals surface area (Å²) in [6.07, 6.45) is 0. The van der Waals surface area contributed by atoms with Crippen molar-refractivity contribution in [2.45, 2.75) is 19.9 Å². The van der Waals surface area contributed by atoms with Crippen LogP contribution in [0.1, 0.15) is 13.8 Å². The lowest BCUT2D eigenvalue weighted by Gasteiger charge is -2.15. The molecule has 78 valence electrons. The summed E-state index contributed by atoms with van der Waals surface area (Å²) in [4.78, 5) is 0. The van der Waals surface area contributed by atoms with Crippen LogP contribution in [0.15, 0.2) is 12.1 Å². The van der Waals surface area contributed by atoms with Crippen LogP contribution >= 0.6 is 23.2 Å². The van der Waals surface area contributed by atoms with Gasteiger partial charge in [-0.25, -0.2) is 0 Å². The third-order valence-electron chi connectivity index (χ3n) is 1.66. The maximum atomic E-state index is 5.97. The lowest BCUT2D eigenvalue weighted by molar-refractivity contribution is 0.416. The molecule has 0 aliphatic heterocycles. The normalized spacial score (nSPS) is 10.4. The first-order valence-corrected chi connectivity index (χ1v) is 5.09. The van der Waals surface area contributed by atoms with Gasteiger partial charge < -0.3 is 10.1 Å². The molecule has 0 saturated carbocycles. The average molecular weight is 234 g/mol. The summed E-state index contributed by atoms with van der Waals surface area (Å²) in [6.45, 7) is 4.07. The van der Waals surface area contributed by atoms with E-state index in [9.17, 15) is 0 Å². The molecule has 0 saturated heterocycles. The molecule has 1 rings (SSSR count). The Bertz CT molecular complexity index is 326. The molecule has 0 atom stereocenters. The van der Waals surface area contributed by atoms with Gasteiger partial charge in [0.1, 0.15) is 0 Å². The van der Waals surface area contributed by atoms with E-state index >= 15 is 0 Å². The van der Waals surface area contributed by atoms with Crippen molar-refractivity contribution in [1.29, 1.82) is 0 Å². The fourth-order valence-electron chi connectivity index (χ4n) is 1.19. The number of nitrogens with one attached hydrogen (secondary N) is 1. The highest BCUT2D eigenvalue weighted by Gasteiger charge is 2.09. The van der Waals surface area contributed by atoms with Gasteiger partial charge in [-0.05, 0) is 26.0 Å². The Balaban J connectivity index is 3.11. The Morgan fingerprint density at radius 3 is 2.43 bits per heavy atom. The number of halogens is 2. The summed E-state index contributed by atoms with van der Waals surface area (Å²) in [7, 11) is 1.58. The lowest BCUT2D eigenvalue weighted by Crippen LogP contribution is -2.10. The second kappa shape index (κ2) is 4.76. The largest absolute Gasteiger partial charge is 0.493 e. The first kappa shape index (κ1) is 11.5. The van der Waals surface area contributed by atoms with Crippen molar-refractivity contribution in [2.24, 2.45) is 0 Å². The molecule has 4 heteroatoms. The zero-order valence-corrected chi connectivity index (χ0v) is 9.91. The highest BCUT2D eigenvalue weighted by Crippen LogP contribution is 2.36. The number of anilines is 1. The van der Waals surface area contributed by atoms with Crippen LogP contribution in [-0.2, 0) is 0 Å². The van der Waals surface area contributed by atoms with Crippen molar-refractivity contribution in [3.63, 3.8) is 0 Å². The fraction of sp³-hybridized carbons (Fsp3) is 0.400. The second-order valence-corrected chi connectivity index (χ2v) is 4.11. The number of rotatable bonds is 3. The number of benzene rings is 1. The van der Waals surface area contributed by atoms with Gasteiger partial charge in [-0.15, -0.1) is 0 Å². The molecule has 0 spiro atoms. The van der Waals surface area contributed by atoms with E-state index in [0.717, 1.165) is 5.69 Å². The standard InChI is InChI=1S/C10H13Cl2NO/c1-6(2)13-9-5-7(11)4-8(12)10(9)14-3/h4-6,13H,1-3H3. The Labute approximate surface area is 94.2 Å². The highest BCUT2D eigenvalue weighted by molar-refractivity contribution is 6.36. The van der Waals surface area contributed by atoms with Crippen molar-refractivity contribution >= 4 is 28.9 Å². The molecule has 0 heterocycles. The third kappa shape index (κ3) is 2.69. The molecule has 0 aliphatic rings. The van der Waals surface area contributed by atoms with Crippen LogP contribution in [0, 0.1) is 0 Å². The van der Waals surface area contributed by atoms with Gasteiger partial charge in [0.2, 0.25) is 0 Å². The summed E-state index contributed by atoms with van der Waals surface area (Å²) in [6, 6.07) is 3.76. The zero-order valence-electron chi connectivity index (χ0n) is 8.40. The first-order chi connectivity index (χ1) is 6.54. The van der Waals surface area contributed by atoms with Gasteiger partial charge in [0, 0.05) is 11.1 Å². The summed E-state index contributed by atoms with van der Waals surface area (Å²) in [5, 5.41) is 4.33. The van der Waals surface area contributed by atoms with E-state index in [1.807, 2.05) is 13.8 Å². The van der Waals surface area contributed by atoms with Crippen LogP contribution in [-0.4, -0.2) is 13.2 Å². The molecule has 0 bridgehead atoms. The fourth-order valence-corrected chi connectivity index (χ4v) is 1.76. The second-order valence-electron chi connectivity index (χ2n) is 3.27. The molecular weight excluding hydrogens is 221 g/mol. The molecule has 14 heavy (non-hydrogen) atoms. The van der Waals surface area contributed by atoms with E-state index in [4.69, 9.17) is 27.9 Å². The molecule has 0 unspecified atom stereocenters. The highest BCUT2D eigenvalue weighted by atomic mass is 35.5. The molecule has 0 aliphatic carbocycles. The van der Waals surface area contributed by atoms with E-state index in [2.05, 4.69) is 5.32 Å². The molecule has 1 N–H and O–H groups in total. The Morgan fingerprint density at radius 2 is 1.93 bits per heavy atom. The van der Waals surface area contributed by atoms with Gasteiger partial charge in [0.25, 0.3) is 0 Å². The van der Waals surface area contributed by atoms with Gasteiger partial charge >= 0.3 is 0 Å². The van der Waals surface area contributed by atoms with Crippen molar-refractivity contribution in [2.75, 3.05) is 12.4 Å². The topological polar surface area (TPSA) is 21.3 Å². The monoisotopic (exact) mass is 233 g/mol. The Kier molecular flexibility index (Phi) is 3.90. The summed E-state index contributed by atoms with van der Waals surface area (Å²) >= 11 is 11.9. The number of ether oxygens (including phenoxy) is 1. The molecule has 0 amide bonds. The van der Waals surface area contributed by atoms with E-state index in [1.54, 1.807) is 19.2 Å². The molecule has 2 nitrogen and oxygen atoms in total. The van der Waals surface area contributed by atoms with Crippen LogP contribution in [0.25, 0.3) is 0 Å². The van der Waals surface area contributed by atoms with Crippen molar-refractivity contribution in [1.82, 2.24) is 0 Å². The molecular formula is C10H13Cl2NO. The van der Waals surface area contributed by atoms with E-state index in [1.165, 1.54) is 0 Å². The van der Waals surface area contributed by atoms with E-state index < -0.39 is 0 Å².